The van der Waals surface area contributed by atoms with Crippen molar-refractivity contribution < 1.29 is 28.7 Å². The Hall–Kier alpha value is -2.78. The average Bonchev–Trinajstić information content (AvgIpc) is 2.89. The molecule has 2 aliphatic heterocycles. The number of piperidine rings is 2. The Morgan fingerprint density at radius 3 is 1.14 bits per heavy atom. The van der Waals surface area contributed by atoms with E-state index in [1.54, 1.807) is 24.3 Å². The van der Waals surface area contributed by atoms with Gasteiger partial charge in [-0.15, -0.1) is 0 Å². The monoisotopic (exact) mass is 594 g/mol. The van der Waals surface area contributed by atoms with Crippen molar-refractivity contribution in [3.63, 3.8) is 0 Å². The minimum Gasteiger partial charge on any atom is -0.459 e. The number of nitrogens with zero attached hydrogens (tertiary/aromatic N) is 2. The second-order valence-electron chi connectivity index (χ2n) is 15.0. The molecule has 2 aromatic carbocycles. The third-order valence-electron chi connectivity index (χ3n) is 8.30. The fraction of sp³-hybridized carbons (Fsp3) is 0.600. The number of hydrogen-bond donors (Lipinski definition) is 0. The van der Waals surface area contributed by atoms with Crippen molar-refractivity contribution in [2.24, 2.45) is 0 Å². The summed E-state index contributed by atoms with van der Waals surface area (Å²) in [6.45, 7) is 20.7. The van der Waals surface area contributed by atoms with E-state index in [-0.39, 0.29) is 24.1 Å². The van der Waals surface area contributed by atoms with E-state index >= 15 is 0 Å². The van der Waals surface area contributed by atoms with Gasteiger partial charge in [0.25, 0.3) is 0 Å². The summed E-state index contributed by atoms with van der Waals surface area (Å²) in [4.78, 5) is 39.1. The lowest BCUT2D eigenvalue weighted by molar-refractivity contribution is -0.461. The molecule has 0 bridgehead atoms. The Balaban J connectivity index is 1.43. The van der Waals surface area contributed by atoms with Crippen molar-refractivity contribution in [1.29, 1.82) is 0 Å². The molecule has 4 rings (SSSR count). The Labute approximate surface area is 257 Å². The van der Waals surface area contributed by atoms with Gasteiger partial charge in [-0.05, 0) is 93.5 Å². The van der Waals surface area contributed by atoms with E-state index in [1.165, 1.54) is 0 Å². The molecule has 0 amide bonds. The number of ether oxygens (including phenoxy) is 2. The fourth-order valence-corrected chi connectivity index (χ4v) is 7.05. The van der Waals surface area contributed by atoms with Crippen molar-refractivity contribution in [2.75, 3.05) is 0 Å². The maximum Gasteiger partial charge on any atom is 0.338 e. The lowest BCUT2D eigenvalue weighted by Crippen LogP contribution is -2.67. The van der Waals surface area contributed by atoms with Crippen molar-refractivity contribution in [1.82, 2.24) is 10.1 Å². The summed E-state index contributed by atoms with van der Waals surface area (Å²) in [7, 11) is 0. The summed E-state index contributed by atoms with van der Waals surface area (Å²) >= 11 is 0. The largest absolute Gasteiger partial charge is 0.459 e. The number of esters is 2. The summed E-state index contributed by atoms with van der Waals surface area (Å²) in [5.41, 5.74) is -0.701. The van der Waals surface area contributed by atoms with Crippen LogP contribution in [0.2, 0.25) is 0 Å². The highest BCUT2D eigenvalue weighted by Gasteiger charge is 2.53. The van der Waals surface area contributed by atoms with Gasteiger partial charge in [0.2, 0.25) is 5.79 Å². The first-order valence-corrected chi connectivity index (χ1v) is 15.3. The van der Waals surface area contributed by atoms with Gasteiger partial charge in [0, 0.05) is 47.8 Å². The second kappa shape index (κ2) is 12.0. The van der Waals surface area contributed by atoms with Crippen LogP contribution < -0.4 is 0 Å². The van der Waals surface area contributed by atoms with E-state index in [2.05, 4.69) is 55.4 Å². The molecule has 0 spiro atoms. The van der Waals surface area contributed by atoms with Crippen LogP contribution in [0, 0.1) is 0 Å². The first-order chi connectivity index (χ1) is 19.8. The molecule has 0 radical (unpaired) electrons. The zero-order valence-electron chi connectivity index (χ0n) is 27.6. The lowest BCUT2D eigenvalue weighted by Gasteiger charge is -2.58. The molecule has 8 nitrogen and oxygen atoms in total. The number of rotatable bonds is 8. The third kappa shape index (κ3) is 7.85. The van der Waals surface area contributed by atoms with Gasteiger partial charge < -0.3 is 9.47 Å². The third-order valence-corrected chi connectivity index (χ3v) is 8.30. The van der Waals surface area contributed by atoms with Crippen LogP contribution in [0.15, 0.2) is 60.7 Å². The van der Waals surface area contributed by atoms with Gasteiger partial charge in [-0.25, -0.2) is 9.59 Å². The van der Waals surface area contributed by atoms with E-state index in [1.807, 2.05) is 60.4 Å². The van der Waals surface area contributed by atoms with Gasteiger partial charge in [-0.2, -0.15) is 10.1 Å². The number of hydrogen-bond acceptors (Lipinski definition) is 8. The summed E-state index contributed by atoms with van der Waals surface area (Å²) in [6, 6.07) is 18.2. The van der Waals surface area contributed by atoms with E-state index in [0.29, 0.717) is 36.8 Å². The molecule has 8 heteroatoms. The molecule has 2 fully saturated rings. The molecular weight excluding hydrogens is 544 g/mol. The molecular formula is C35H50N2O6. The van der Waals surface area contributed by atoms with Gasteiger partial charge in [-0.1, -0.05) is 36.4 Å². The molecule has 0 atom stereocenters. The molecule has 0 aromatic heterocycles. The van der Waals surface area contributed by atoms with E-state index in [0.717, 1.165) is 0 Å². The van der Waals surface area contributed by atoms with E-state index in [4.69, 9.17) is 19.1 Å². The summed E-state index contributed by atoms with van der Waals surface area (Å²) in [5, 5.41) is 4.03. The first kappa shape index (κ1) is 33.1. The Morgan fingerprint density at radius 1 is 0.581 bits per heavy atom. The van der Waals surface area contributed by atoms with Gasteiger partial charge >= 0.3 is 11.9 Å². The van der Waals surface area contributed by atoms with Gasteiger partial charge in [0.15, 0.2) is 0 Å². The average molecular weight is 595 g/mol. The molecule has 2 heterocycles. The van der Waals surface area contributed by atoms with Crippen LogP contribution in [0.4, 0.5) is 0 Å². The molecule has 0 N–H and O–H groups in total. The van der Waals surface area contributed by atoms with Crippen LogP contribution in [0.25, 0.3) is 0 Å². The maximum atomic E-state index is 12.8. The minimum atomic E-state index is -1.02. The molecule has 236 valence electrons. The maximum absolute atomic E-state index is 12.8. The van der Waals surface area contributed by atoms with E-state index < -0.39 is 27.9 Å². The number of carbonyl (C=O) groups is 2. The van der Waals surface area contributed by atoms with Gasteiger partial charge in [0.1, 0.15) is 12.2 Å². The van der Waals surface area contributed by atoms with Gasteiger partial charge in [0.05, 0.1) is 11.1 Å². The fourth-order valence-electron chi connectivity index (χ4n) is 7.05. The predicted octanol–water partition coefficient (Wildman–Crippen LogP) is 7.34. The summed E-state index contributed by atoms with van der Waals surface area (Å²) in [5.74, 6) is -1.64. The molecule has 2 saturated heterocycles. The Kier molecular flexibility index (Phi) is 9.21. The molecule has 2 aliphatic rings. The van der Waals surface area contributed by atoms with E-state index in [9.17, 15) is 9.59 Å². The van der Waals surface area contributed by atoms with Crippen molar-refractivity contribution in [3.05, 3.63) is 71.8 Å². The molecule has 0 unspecified atom stereocenters. The topological polar surface area (TPSA) is 77.5 Å². The molecule has 0 saturated carbocycles. The van der Waals surface area contributed by atoms with Crippen LogP contribution in [-0.2, 0) is 19.1 Å². The minimum absolute atomic E-state index is 0.253. The summed E-state index contributed by atoms with van der Waals surface area (Å²) < 4.78 is 11.9. The Bertz CT molecular complexity index is 1140. The molecule has 0 aliphatic carbocycles. The SMILES string of the molecule is CC(C)(ON1C(C)(C)CC(OC(=O)c2ccccc2)CC1(C)C)ON1C(C)(C)CC(OC(=O)c2ccccc2)CC1(C)C. The van der Waals surface area contributed by atoms with Crippen LogP contribution >= 0.6 is 0 Å². The van der Waals surface area contributed by atoms with Crippen molar-refractivity contribution >= 4 is 11.9 Å². The van der Waals surface area contributed by atoms with Crippen LogP contribution in [0.5, 0.6) is 0 Å². The molecule has 2 aromatic rings. The second-order valence-corrected chi connectivity index (χ2v) is 15.0. The first-order valence-electron chi connectivity index (χ1n) is 15.3. The summed E-state index contributed by atoms with van der Waals surface area (Å²) in [6.07, 6.45) is 1.94. The highest BCUT2D eigenvalue weighted by atomic mass is 16.9. The molecule has 43 heavy (non-hydrogen) atoms. The normalized spacial score (nSPS) is 22.6. The zero-order valence-corrected chi connectivity index (χ0v) is 27.6. The van der Waals surface area contributed by atoms with Crippen LogP contribution in [0.1, 0.15) is 116 Å². The van der Waals surface area contributed by atoms with Gasteiger partial charge in [-0.3, -0.25) is 9.68 Å². The smallest absolute Gasteiger partial charge is 0.338 e. The quantitative estimate of drug-likeness (QED) is 0.232. The predicted molar refractivity (Wildman–Crippen MR) is 166 cm³/mol. The highest BCUT2D eigenvalue weighted by molar-refractivity contribution is 5.89. The highest BCUT2D eigenvalue weighted by Crippen LogP contribution is 2.45. The zero-order chi connectivity index (χ0) is 31.8. The number of carbonyl (C=O) groups excluding carboxylic acids is 2. The lowest BCUT2D eigenvalue weighted by atomic mass is 9.80. The number of hydroxylamine groups is 4. The number of benzene rings is 2. The van der Waals surface area contributed by atoms with Crippen molar-refractivity contribution in [3.8, 4) is 0 Å². The van der Waals surface area contributed by atoms with Crippen LogP contribution in [-0.4, -0.2) is 62.2 Å². The van der Waals surface area contributed by atoms with Crippen LogP contribution in [0.3, 0.4) is 0 Å². The standard InChI is InChI=1S/C35H50N2O6/c1-31(2)21-27(40-29(38)25-17-13-11-14-18-25)22-32(3,4)36(31)42-35(9,10)43-37-33(5,6)23-28(24-34(37,7)8)41-30(39)26-19-15-12-16-20-26/h11-20,27-28H,21-24H2,1-10H3. The van der Waals surface area contributed by atoms with Crippen molar-refractivity contribution in [2.45, 2.75) is 135 Å². The Morgan fingerprint density at radius 2 is 0.860 bits per heavy atom.